The summed E-state index contributed by atoms with van der Waals surface area (Å²) in [5, 5.41) is 0. The first-order valence-electron chi connectivity index (χ1n) is 6.22. The molecule has 19 heavy (non-hydrogen) atoms. The van der Waals surface area contributed by atoms with E-state index in [0.29, 0.717) is 0 Å². The minimum atomic E-state index is -0.0784. The molecule has 0 aliphatic rings. The summed E-state index contributed by atoms with van der Waals surface area (Å²) in [5.41, 5.74) is 7.74. The number of imidazole rings is 1. The van der Waals surface area contributed by atoms with Crippen molar-refractivity contribution in [1.82, 2.24) is 9.97 Å². The number of rotatable bonds is 5. The average Bonchev–Trinajstić information content (AvgIpc) is 2.95. The molecule has 3 N–H and O–H groups in total. The molecule has 5 heteroatoms. The van der Waals surface area contributed by atoms with Crippen molar-refractivity contribution in [3.05, 3.63) is 30.2 Å². The number of aromatic nitrogens is 2. The van der Waals surface area contributed by atoms with Gasteiger partial charge in [-0.1, -0.05) is 6.92 Å². The van der Waals surface area contributed by atoms with Crippen LogP contribution >= 0.6 is 0 Å². The molecule has 102 valence electrons. The third-order valence-electron chi connectivity index (χ3n) is 3.08. The average molecular weight is 261 g/mol. The van der Waals surface area contributed by atoms with Crippen LogP contribution in [0, 0.1) is 0 Å². The monoisotopic (exact) mass is 261 g/mol. The Balaban J connectivity index is 2.42. The fraction of sp³-hybridized carbons (Fsp3) is 0.357. The number of hydrogen-bond donors (Lipinski definition) is 2. The number of nitrogens with two attached hydrogens (primary N) is 1. The van der Waals surface area contributed by atoms with Gasteiger partial charge in [0.1, 0.15) is 17.3 Å². The number of aromatic amines is 1. The van der Waals surface area contributed by atoms with Crippen LogP contribution in [0.5, 0.6) is 11.5 Å². The quantitative estimate of drug-likeness (QED) is 0.867. The molecule has 0 saturated carbocycles. The first-order valence-corrected chi connectivity index (χ1v) is 6.22. The normalized spacial score (nSPS) is 12.2. The van der Waals surface area contributed by atoms with Crippen LogP contribution in [0.4, 0.5) is 0 Å². The standard InChI is InChI=1S/C14H19N3O2/c1-4-11(15)14-16-8-12(17-14)10-7-9(18-2)5-6-13(10)19-3/h5-8,11H,4,15H2,1-3H3,(H,16,17). The summed E-state index contributed by atoms with van der Waals surface area (Å²) in [6, 6.07) is 5.56. The lowest BCUT2D eigenvalue weighted by molar-refractivity contribution is 0.404. The van der Waals surface area contributed by atoms with Crippen LogP contribution in [0.2, 0.25) is 0 Å². The van der Waals surface area contributed by atoms with Gasteiger partial charge in [0.25, 0.3) is 0 Å². The highest BCUT2D eigenvalue weighted by Crippen LogP contribution is 2.32. The van der Waals surface area contributed by atoms with E-state index >= 15 is 0 Å². The summed E-state index contributed by atoms with van der Waals surface area (Å²) >= 11 is 0. The van der Waals surface area contributed by atoms with Gasteiger partial charge in [0.2, 0.25) is 0 Å². The predicted molar refractivity (Wildman–Crippen MR) is 74.3 cm³/mol. The van der Waals surface area contributed by atoms with E-state index in [1.807, 2.05) is 25.1 Å². The molecule has 5 nitrogen and oxygen atoms in total. The molecule has 1 heterocycles. The lowest BCUT2D eigenvalue weighted by atomic mass is 10.1. The topological polar surface area (TPSA) is 73.2 Å². The van der Waals surface area contributed by atoms with E-state index in [4.69, 9.17) is 15.2 Å². The second-order valence-electron chi connectivity index (χ2n) is 4.26. The molecule has 0 amide bonds. The Morgan fingerprint density at radius 3 is 2.74 bits per heavy atom. The van der Waals surface area contributed by atoms with Gasteiger partial charge in [-0.2, -0.15) is 0 Å². The van der Waals surface area contributed by atoms with Gasteiger partial charge >= 0.3 is 0 Å². The lowest BCUT2D eigenvalue weighted by Crippen LogP contribution is -2.10. The Kier molecular flexibility index (Phi) is 4.06. The molecule has 0 spiro atoms. The molecule has 1 aromatic carbocycles. The first kappa shape index (κ1) is 13.4. The lowest BCUT2D eigenvalue weighted by Gasteiger charge is -2.09. The molecule has 0 aliphatic heterocycles. The summed E-state index contributed by atoms with van der Waals surface area (Å²) < 4.78 is 10.6. The van der Waals surface area contributed by atoms with Crippen LogP contribution in [0.3, 0.4) is 0 Å². The maximum atomic E-state index is 5.96. The molecule has 0 fully saturated rings. The zero-order valence-electron chi connectivity index (χ0n) is 11.4. The molecular weight excluding hydrogens is 242 g/mol. The molecule has 1 atom stereocenters. The second kappa shape index (κ2) is 5.75. The highest BCUT2D eigenvalue weighted by molar-refractivity contribution is 5.68. The van der Waals surface area contributed by atoms with Gasteiger partial charge in [-0.3, -0.25) is 0 Å². The smallest absolute Gasteiger partial charge is 0.128 e. The van der Waals surface area contributed by atoms with Crippen molar-refractivity contribution < 1.29 is 9.47 Å². The van der Waals surface area contributed by atoms with Gasteiger partial charge in [0.15, 0.2) is 0 Å². The Bertz CT molecular complexity index is 551. The van der Waals surface area contributed by atoms with Crippen LogP contribution in [-0.4, -0.2) is 24.2 Å². The predicted octanol–water partition coefficient (Wildman–Crippen LogP) is 2.50. The number of hydrogen-bond acceptors (Lipinski definition) is 4. The van der Waals surface area contributed by atoms with Crippen molar-refractivity contribution in [3.8, 4) is 22.8 Å². The van der Waals surface area contributed by atoms with Crippen molar-refractivity contribution in [2.45, 2.75) is 19.4 Å². The molecule has 0 saturated heterocycles. The van der Waals surface area contributed by atoms with E-state index in [1.165, 1.54) is 0 Å². The highest BCUT2D eigenvalue weighted by Gasteiger charge is 2.13. The zero-order valence-corrected chi connectivity index (χ0v) is 11.4. The van der Waals surface area contributed by atoms with Gasteiger partial charge in [0, 0.05) is 5.56 Å². The van der Waals surface area contributed by atoms with Crippen LogP contribution < -0.4 is 15.2 Å². The number of nitrogens with zero attached hydrogens (tertiary/aromatic N) is 1. The fourth-order valence-corrected chi connectivity index (χ4v) is 1.88. The van der Waals surface area contributed by atoms with Gasteiger partial charge < -0.3 is 20.2 Å². The Morgan fingerprint density at radius 2 is 2.11 bits per heavy atom. The van der Waals surface area contributed by atoms with E-state index in [2.05, 4.69) is 9.97 Å². The van der Waals surface area contributed by atoms with Crippen LogP contribution in [0.1, 0.15) is 25.2 Å². The van der Waals surface area contributed by atoms with Crippen molar-refractivity contribution in [2.75, 3.05) is 14.2 Å². The first-order chi connectivity index (χ1) is 9.19. The number of ether oxygens (including phenoxy) is 2. The van der Waals surface area contributed by atoms with E-state index in [9.17, 15) is 0 Å². The summed E-state index contributed by atoms with van der Waals surface area (Å²) in [6.07, 6.45) is 2.60. The Labute approximate surface area is 112 Å². The van der Waals surface area contributed by atoms with Gasteiger partial charge in [-0.05, 0) is 24.6 Å². The van der Waals surface area contributed by atoms with Crippen molar-refractivity contribution in [1.29, 1.82) is 0 Å². The number of nitrogens with one attached hydrogen (secondary N) is 1. The zero-order chi connectivity index (χ0) is 13.8. The van der Waals surface area contributed by atoms with Crippen molar-refractivity contribution in [2.24, 2.45) is 5.73 Å². The molecule has 1 unspecified atom stereocenters. The van der Waals surface area contributed by atoms with Gasteiger partial charge in [0.05, 0.1) is 32.2 Å². The van der Waals surface area contributed by atoms with Crippen LogP contribution in [0.25, 0.3) is 11.3 Å². The van der Waals surface area contributed by atoms with Gasteiger partial charge in [-0.15, -0.1) is 0 Å². The number of methoxy groups -OCH3 is 2. The summed E-state index contributed by atoms with van der Waals surface area (Å²) in [6.45, 7) is 2.03. The maximum Gasteiger partial charge on any atom is 0.128 e. The van der Waals surface area contributed by atoms with Crippen LogP contribution in [0.15, 0.2) is 24.4 Å². The molecule has 0 bridgehead atoms. The van der Waals surface area contributed by atoms with E-state index < -0.39 is 0 Å². The van der Waals surface area contributed by atoms with E-state index in [1.54, 1.807) is 20.4 Å². The summed E-state index contributed by atoms with van der Waals surface area (Å²) in [4.78, 5) is 7.55. The van der Waals surface area contributed by atoms with Crippen molar-refractivity contribution >= 4 is 0 Å². The van der Waals surface area contributed by atoms with E-state index in [0.717, 1.165) is 35.0 Å². The Morgan fingerprint density at radius 1 is 1.32 bits per heavy atom. The molecule has 0 radical (unpaired) electrons. The molecule has 2 rings (SSSR count). The van der Waals surface area contributed by atoms with Crippen molar-refractivity contribution in [3.63, 3.8) is 0 Å². The number of H-pyrrole nitrogens is 1. The largest absolute Gasteiger partial charge is 0.497 e. The van der Waals surface area contributed by atoms with Gasteiger partial charge in [-0.25, -0.2) is 4.98 Å². The minimum Gasteiger partial charge on any atom is -0.497 e. The third-order valence-corrected chi connectivity index (χ3v) is 3.08. The third kappa shape index (κ3) is 2.71. The second-order valence-corrected chi connectivity index (χ2v) is 4.26. The SMILES string of the molecule is CCC(N)c1ncc(-c2cc(OC)ccc2OC)[nH]1. The minimum absolute atomic E-state index is 0.0784. The highest BCUT2D eigenvalue weighted by atomic mass is 16.5. The maximum absolute atomic E-state index is 5.96. The molecular formula is C14H19N3O2. The molecule has 1 aromatic heterocycles. The summed E-state index contributed by atoms with van der Waals surface area (Å²) in [5.74, 6) is 2.31. The molecule has 2 aromatic rings. The van der Waals surface area contributed by atoms with E-state index in [-0.39, 0.29) is 6.04 Å². The van der Waals surface area contributed by atoms with Crippen LogP contribution in [-0.2, 0) is 0 Å². The molecule has 0 aliphatic carbocycles. The number of benzene rings is 1. The summed E-state index contributed by atoms with van der Waals surface area (Å²) in [7, 11) is 3.28. The Hall–Kier alpha value is -2.01. The fourth-order valence-electron chi connectivity index (χ4n) is 1.88.